The van der Waals surface area contributed by atoms with Crippen molar-refractivity contribution < 1.29 is 5.11 Å². The maximum atomic E-state index is 11.2. The fraction of sp³-hybridized carbons (Fsp3) is 0.733. The van der Waals surface area contributed by atoms with Gasteiger partial charge in [-0.25, -0.2) is 0 Å². The summed E-state index contributed by atoms with van der Waals surface area (Å²) in [5.74, 6) is 3.18. The van der Waals surface area contributed by atoms with E-state index in [1.807, 2.05) is 0 Å². The smallest absolute Gasteiger partial charge is 0.102 e. The van der Waals surface area contributed by atoms with E-state index in [-0.39, 0.29) is 0 Å². The summed E-state index contributed by atoms with van der Waals surface area (Å²) in [5.41, 5.74) is 0.841. The first-order valence-corrected chi connectivity index (χ1v) is 7.85. The first-order chi connectivity index (χ1) is 8.20. The average molecular weight is 248 g/mol. The highest BCUT2D eigenvalue weighted by molar-refractivity contribution is 7.10. The molecule has 1 nitrogen and oxygen atoms in total. The second-order valence-electron chi connectivity index (χ2n) is 6.42. The molecule has 3 fully saturated rings. The Bertz CT molecular complexity index is 452. The predicted molar refractivity (Wildman–Crippen MR) is 70.0 cm³/mol. The minimum atomic E-state index is -0.464. The number of aryl methyl sites for hydroxylation is 1. The number of rotatable bonds is 1. The van der Waals surface area contributed by atoms with Crippen LogP contribution in [0.4, 0.5) is 0 Å². The number of aliphatic hydroxyl groups is 1. The summed E-state index contributed by atoms with van der Waals surface area (Å²) in [4.78, 5) is 1.27. The normalized spacial score (nSPS) is 47.6. The number of thiophene rings is 1. The molecule has 1 heterocycles. The Labute approximate surface area is 107 Å². The van der Waals surface area contributed by atoms with Crippen LogP contribution in [0.2, 0.25) is 0 Å². The van der Waals surface area contributed by atoms with E-state index in [1.165, 1.54) is 36.1 Å². The van der Waals surface area contributed by atoms with Crippen molar-refractivity contribution in [2.75, 3.05) is 0 Å². The zero-order valence-corrected chi connectivity index (χ0v) is 11.2. The summed E-state index contributed by atoms with van der Waals surface area (Å²) in [5, 5.41) is 13.3. The lowest BCUT2D eigenvalue weighted by atomic mass is 9.72. The Balaban J connectivity index is 1.75. The van der Waals surface area contributed by atoms with Gasteiger partial charge in [-0.1, -0.05) is 6.42 Å². The van der Waals surface area contributed by atoms with E-state index in [9.17, 15) is 5.11 Å². The van der Waals surface area contributed by atoms with Crippen LogP contribution in [0.5, 0.6) is 0 Å². The largest absolute Gasteiger partial charge is 0.384 e. The number of hydrogen-bond donors (Lipinski definition) is 1. The van der Waals surface area contributed by atoms with Gasteiger partial charge in [0, 0.05) is 4.88 Å². The quantitative estimate of drug-likeness (QED) is 0.803. The van der Waals surface area contributed by atoms with Crippen molar-refractivity contribution in [1.29, 1.82) is 0 Å². The van der Waals surface area contributed by atoms with Crippen LogP contribution in [0.15, 0.2) is 11.4 Å². The molecule has 2 heteroatoms. The van der Waals surface area contributed by atoms with Gasteiger partial charge in [0.1, 0.15) is 5.60 Å². The van der Waals surface area contributed by atoms with Gasteiger partial charge in [0.2, 0.25) is 0 Å². The van der Waals surface area contributed by atoms with Crippen molar-refractivity contribution in [2.24, 2.45) is 23.7 Å². The van der Waals surface area contributed by atoms with Crippen LogP contribution < -0.4 is 0 Å². The number of hydrogen-bond acceptors (Lipinski definition) is 2. The van der Waals surface area contributed by atoms with Crippen molar-refractivity contribution >= 4 is 11.3 Å². The molecule has 0 spiro atoms. The highest BCUT2D eigenvalue weighted by Gasteiger charge is 2.61. The van der Waals surface area contributed by atoms with E-state index in [4.69, 9.17) is 0 Å². The van der Waals surface area contributed by atoms with Gasteiger partial charge in [0.25, 0.3) is 0 Å². The van der Waals surface area contributed by atoms with Gasteiger partial charge >= 0.3 is 0 Å². The fourth-order valence-electron chi connectivity index (χ4n) is 5.19. The van der Waals surface area contributed by atoms with Gasteiger partial charge in [0.05, 0.1) is 0 Å². The third-order valence-electron chi connectivity index (χ3n) is 5.75. The lowest BCUT2D eigenvalue weighted by Gasteiger charge is -2.39. The minimum Gasteiger partial charge on any atom is -0.384 e. The van der Waals surface area contributed by atoms with Crippen LogP contribution in [0.3, 0.4) is 0 Å². The van der Waals surface area contributed by atoms with Crippen molar-refractivity contribution in [3.63, 3.8) is 0 Å². The molecule has 1 aromatic rings. The van der Waals surface area contributed by atoms with Gasteiger partial charge in [-0.15, -0.1) is 11.3 Å². The highest BCUT2D eigenvalue weighted by Crippen LogP contribution is 2.65. The molecule has 92 valence electrons. The van der Waals surface area contributed by atoms with Crippen LogP contribution in [-0.4, -0.2) is 5.11 Å². The summed E-state index contributed by atoms with van der Waals surface area (Å²) in [7, 11) is 0. The molecule has 0 radical (unpaired) electrons. The standard InChI is InChI=1S/C15H20OS/c1-9-5-6-17-14(9)15(16)8-10-7-13(15)12-4-2-3-11(10)12/h5-6,10-13,16H,2-4,7-8H2,1H3. The van der Waals surface area contributed by atoms with E-state index >= 15 is 0 Å². The highest BCUT2D eigenvalue weighted by atomic mass is 32.1. The summed E-state index contributed by atoms with van der Waals surface area (Å²) in [6.07, 6.45) is 6.55. The maximum absolute atomic E-state index is 11.2. The van der Waals surface area contributed by atoms with E-state index in [0.29, 0.717) is 5.92 Å². The summed E-state index contributed by atoms with van der Waals surface area (Å²) < 4.78 is 0. The van der Waals surface area contributed by atoms with Gasteiger partial charge in [-0.3, -0.25) is 0 Å². The monoisotopic (exact) mass is 248 g/mol. The molecule has 1 aromatic heterocycles. The van der Waals surface area contributed by atoms with Crippen molar-refractivity contribution in [3.8, 4) is 0 Å². The first kappa shape index (κ1) is 10.6. The Morgan fingerprint density at radius 2 is 2.18 bits per heavy atom. The second-order valence-corrected chi connectivity index (χ2v) is 7.34. The molecule has 0 aromatic carbocycles. The maximum Gasteiger partial charge on any atom is 0.102 e. The molecule has 17 heavy (non-hydrogen) atoms. The van der Waals surface area contributed by atoms with Gasteiger partial charge in [0.15, 0.2) is 0 Å². The Morgan fingerprint density at radius 1 is 1.35 bits per heavy atom. The molecule has 3 aliphatic rings. The predicted octanol–water partition coefficient (Wildman–Crippen LogP) is 3.70. The Morgan fingerprint density at radius 3 is 2.94 bits per heavy atom. The fourth-order valence-corrected chi connectivity index (χ4v) is 6.29. The molecule has 5 atom stereocenters. The molecule has 3 aliphatic carbocycles. The summed E-state index contributed by atoms with van der Waals surface area (Å²) in [6.45, 7) is 2.15. The van der Waals surface area contributed by atoms with E-state index < -0.39 is 5.60 Å². The van der Waals surface area contributed by atoms with Crippen LogP contribution in [0.1, 0.15) is 42.5 Å². The zero-order chi connectivity index (χ0) is 11.6. The average Bonchev–Trinajstić information content (AvgIpc) is 2.95. The third kappa shape index (κ3) is 1.23. The molecule has 0 aliphatic heterocycles. The van der Waals surface area contributed by atoms with Crippen molar-refractivity contribution in [1.82, 2.24) is 0 Å². The van der Waals surface area contributed by atoms with Crippen LogP contribution in [0, 0.1) is 30.6 Å². The molecular weight excluding hydrogens is 228 g/mol. The molecule has 1 N–H and O–H groups in total. The lowest BCUT2D eigenvalue weighted by molar-refractivity contribution is -0.0486. The molecular formula is C15H20OS. The van der Waals surface area contributed by atoms with Gasteiger partial charge in [-0.2, -0.15) is 0 Å². The Hall–Kier alpha value is -0.340. The van der Waals surface area contributed by atoms with E-state index in [1.54, 1.807) is 11.3 Å². The summed E-state index contributed by atoms with van der Waals surface area (Å²) >= 11 is 1.77. The third-order valence-corrected chi connectivity index (χ3v) is 6.93. The summed E-state index contributed by atoms with van der Waals surface area (Å²) in [6, 6.07) is 2.16. The SMILES string of the molecule is Cc1ccsc1C1(O)CC2CC1C1CCCC21. The van der Waals surface area contributed by atoms with E-state index in [0.717, 1.165) is 24.2 Å². The van der Waals surface area contributed by atoms with Crippen LogP contribution >= 0.6 is 11.3 Å². The minimum absolute atomic E-state index is 0.464. The topological polar surface area (TPSA) is 20.2 Å². The van der Waals surface area contributed by atoms with Gasteiger partial charge in [-0.05, 0) is 73.3 Å². The Kier molecular flexibility index (Phi) is 2.09. The van der Waals surface area contributed by atoms with Crippen molar-refractivity contribution in [2.45, 2.75) is 44.6 Å². The molecule has 2 bridgehead atoms. The molecule has 4 rings (SSSR count). The van der Waals surface area contributed by atoms with E-state index in [2.05, 4.69) is 18.4 Å². The van der Waals surface area contributed by atoms with Gasteiger partial charge < -0.3 is 5.11 Å². The lowest BCUT2D eigenvalue weighted by Crippen LogP contribution is -2.38. The van der Waals surface area contributed by atoms with Crippen molar-refractivity contribution in [3.05, 3.63) is 21.9 Å². The number of fused-ring (bicyclic) bond motifs is 5. The zero-order valence-electron chi connectivity index (χ0n) is 10.4. The molecule has 0 saturated heterocycles. The molecule has 5 unspecified atom stereocenters. The first-order valence-electron chi connectivity index (χ1n) is 6.97. The molecule has 0 amide bonds. The van der Waals surface area contributed by atoms with Crippen LogP contribution in [0.25, 0.3) is 0 Å². The van der Waals surface area contributed by atoms with Crippen LogP contribution in [-0.2, 0) is 5.60 Å². The second kappa shape index (κ2) is 3.36. The molecule has 3 saturated carbocycles.